The number of likely N-dealkylation sites (tertiary alicyclic amines) is 1. The SMILES string of the molecule is NC(=O)CNC(=O)[C@@H]1C[C@@H](O)CN1C(=O)OCc1ccccc1. The lowest BCUT2D eigenvalue weighted by atomic mass is 10.2. The van der Waals surface area contributed by atoms with Crippen molar-refractivity contribution >= 4 is 17.9 Å². The van der Waals surface area contributed by atoms with Crippen LogP contribution in [0.3, 0.4) is 0 Å². The van der Waals surface area contributed by atoms with Crippen LogP contribution in [-0.4, -0.2) is 53.1 Å². The van der Waals surface area contributed by atoms with Crippen molar-refractivity contribution in [3.05, 3.63) is 35.9 Å². The van der Waals surface area contributed by atoms with E-state index in [1.807, 2.05) is 30.3 Å². The maximum Gasteiger partial charge on any atom is 0.410 e. The van der Waals surface area contributed by atoms with Crippen molar-refractivity contribution in [2.45, 2.75) is 25.2 Å². The van der Waals surface area contributed by atoms with Crippen LogP contribution in [0, 0.1) is 0 Å². The third kappa shape index (κ3) is 4.68. The van der Waals surface area contributed by atoms with Gasteiger partial charge in [0, 0.05) is 6.42 Å². The number of hydrogen-bond donors (Lipinski definition) is 3. The fourth-order valence-electron chi connectivity index (χ4n) is 2.36. The third-order valence-electron chi connectivity index (χ3n) is 3.46. The molecule has 1 fully saturated rings. The van der Waals surface area contributed by atoms with Gasteiger partial charge < -0.3 is 20.9 Å². The lowest BCUT2D eigenvalue weighted by molar-refractivity contribution is -0.127. The van der Waals surface area contributed by atoms with Gasteiger partial charge in [0.15, 0.2) is 0 Å². The van der Waals surface area contributed by atoms with Crippen LogP contribution >= 0.6 is 0 Å². The second-order valence-electron chi connectivity index (χ2n) is 5.28. The lowest BCUT2D eigenvalue weighted by Gasteiger charge is -2.22. The second kappa shape index (κ2) is 7.59. The number of nitrogens with one attached hydrogen (secondary N) is 1. The number of benzene rings is 1. The van der Waals surface area contributed by atoms with E-state index in [-0.39, 0.29) is 26.1 Å². The number of carbonyl (C=O) groups is 3. The molecule has 0 radical (unpaired) electrons. The van der Waals surface area contributed by atoms with Crippen LogP contribution in [0.1, 0.15) is 12.0 Å². The van der Waals surface area contributed by atoms with Crippen molar-refractivity contribution < 1.29 is 24.2 Å². The molecule has 2 rings (SSSR count). The molecule has 0 saturated carbocycles. The molecule has 4 N–H and O–H groups in total. The van der Waals surface area contributed by atoms with Crippen molar-refractivity contribution in [1.82, 2.24) is 10.2 Å². The molecule has 8 nitrogen and oxygen atoms in total. The average molecular weight is 321 g/mol. The van der Waals surface area contributed by atoms with Gasteiger partial charge in [-0.3, -0.25) is 14.5 Å². The Kier molecular flexibility index (Phi) is 5.53. The number of amides is 3. The van der Waals surface area contributed by atoms with Crippen molar-refractivity contribution in [3.63, 3.8) is 0 Å². The summed E-state index contributed by atoms with van der Waals surface area (Å²) in [7, 11) is 0. The molecule has 0 aliphatic carbocycles. The Labute approximate surface area is 133 Å². The van der Waals surface area contributed by atoms with Gasteiger partial charge in [-0.1, -0.05) is 30.3 Å². The van der Waals surface area contributed by atoms with E-state index < -0.39 is 30.1 Å². The first-order valence-electron chi connectivity index (χ1n) is 7.18. The smallest absolute Gasteiger partial charge is 0.410 e. The molecule has 23 heavy (non-hydrogen) atoms. The summed E-state index contributed by atoms with van der Waals surface area (Å²) in [6.45, 7) is -0.248. The van der Waals surface area contributed by atoms with E-state index in [0.29, 0.717) is 0 Å². The van der Waals surface area contributed by atoms with E-state index in [2.05, 4.69) is 5.32 Å². The zero-order valence-electron chi connectivity index (χ0n) is 12.5. The number of β-amino-alcohol motifs (C(OH)–C–C–N with tert-alkyl or cyclic N) is 1. The molecular formula is C15H19N3O5. The summed E-state index contributed by atoms with van der Waals surface area (Å²) < 4.78 is 5.17. The molecule has 1 heterocycles. The van der Waals surface area contributed by atoms with E-state index >= 15 is 0 Å². The molecule has 0 spiro atoms. The van der Waals surface area contributed by atoms with E-state index in [4.69, 9.17) is 10.5 Å². The molecule has 0 bridgehead atoms. The minimum absolute atomic E-state index is 0.00226. The summed E-state index contributed by atoms with van der Waals surface area (Å²) in [5.74, 6) is -1.23. The molecule has 1 aromatic carbocycles. The van der Waals surface area contributed by atoms with Crippen LogP contribution in [0.15, 0.2) is 30.3 Å². The Bertz CT molecular complexity index is 578. The van der Waals surface area contributed by atoms with Gasteiger partial charge in [-0.05, 0) is 5.56 Å². The molecule has 1 saturated heterocycles. The Morgan fingerprint density at radius 3 is 2.65 bits per heavy atom. The van der Waals surface area contributed by atoms with Gasteiger partial charge in [-0.2, -0.15) is 0 Å². The van der Waals surface area contributed by atoms with E-state index in [1.54, 1.807) is 0 Å². The quantitative estimate of drug-likeness (QED) is 0.666. The monoisotopic (exact) mass is 321 g/mol. The normalized spacial score (nSPS) is 20.1. The molecule has 0 unspecified atom stereocenters. The number of nitrogens with two attached hydrogens (primary N) is 1. The molecule has 124 valence electrons. The molecule has 0 aromatic heterocycles. The third-order valence-corrected chi connectivity index (χ3v) is 3.46. The minimum atomic E-state index is -0.882. The predicted molar refractivity (Wildman–Crippen MR) is 79.9 cm³/mol. The number of ether oxygens (including phenoxy) is 1. The second-order valence-corrected chi connectivity index (χ2v) is 5.28. The van der Waals surface area contributed by atoms with Gasteiger partial charge in [-0.25, -0.2) is 4.79 Å². The average Bonchev–Trinajstić information content (AvgIpc) is 2.93. The number of primary amides is 1. The van der Waals surface area contributed by atoms with Crippen LogP contribution in [0.2, 0.25) is 0 Å². The topological polar surface area (TPSA) is 122 Å². The van der Waals surface area contributed by atoms with Gasteiger partial charge in [0.1, 0.15) is 12.6 Å². The summed E-state index contributed by atoms with van der Waals surface area (Å²) in [4.78, 5) is 36.0. The van der Waals surface area contributed by atoms with Crippen LogP contribution in [0.25, 0.3) is 0 Å². The Morgan fingerprint density at radius 2 is 2.00 bits per heavy atom. The molecular weight excluding hydrogens is 302 g/mol. The fraction of sp³-hybridized carbons (Fsp3) is 0.400. The maximum atomic E-state index is 12.1. The maximum absolute atomic E-state index is 12.1. The summed E-state index contributed by atoms with van der Waals surface area (Å²) in [5.41, 5.74) is 5.78. The van der Waals surface area contributed by atoms with Gasteiger partial charge in [-0.15, -0.1) is 0 Å². The highest BCUT2D eigenvalue weighted by atomic mass is 16.6. The van der Waals surface area contributed by atoms with Crippen molar-refractivity contribution in [2.75, 3.05) is 13.1 Å². The van der Waals surface area contributed by atoms with Crippen LogP contribution in [-0.2, 0) is 20.9 Å². The molecule has 3 amide bonds. The zero-order chi connectivity index (χ0) is 16.8. The van der Waals surface area contributed by atoms with Crippen LogP contribution < -0.4 is 11.1 Å². The summed E-state index contributed by atoms with van der Waals surface area (Å²) in [6, 6.07) is 8.23. The van der Waals surface area contributed by atoms with Crippen LogP contribution in [0.5, 0.6) is 0 Å². The highest BCUT2D eigenvalue weighted by Gasteiger charge is 2.39. The number of rotatable bonds is 5. The molecule has 1 aliphatic heterocycles. The number of nitrogens with zero attached hydrogens (tertiary/aromatic N) is 1. The predicted octanol–water partition coefficient (Wildman–Crippen LogP) is -0.640. The van der Waals surface area contributed by atoms with E-state index in [1.165, 1.54) is 0 Å². The molecule has 8 heteroatoms. The minimum Gasteiger partial charge on any atom is -0.445 e. The van der Waals surface area contributed by atoms with Crippen molar-refractivity contribution in [1.29, 1.82) is 0 Å². The molecule has 1 aromatic rings. The lowest BCUT2D eigenvalue weighted by Crippen LogP contribution is -2.47. The standard InChI is InChI=1S/C15H19N3O5/c16-13(20)7-17-14(21)12-6-11(19)8-18(12)15(22)23-9-10-4-2-1-3-5-10/h1-5,11-12,19H,6-9H2,(H2,16,20)(H,17,21)/t11-,12+/m1/s1. The van der Waals surface area contributed by atoms with Crippen molar-refractivity contribution in [3.8, 4) is 0 Å². The molecule has 2 atom stereocenters. The number of carbonyl (C=O) groups excluding carboxylic acids is 3. The van der Waals surface area contributed by atoms with Gasteiger partial charge in [0.25, 0.3) is 0 Å². The summed E-state index contributed by atoms with van der Waals surface area (Å²) >= 11 is 0. The van der Waals surface area contributed by atoms with Gasteiger partial charge in [0.2, 0.25) is 11.8 Å². The first kappa shape index (κ1) is 16.8. The number of hydrogen-bond acceptors (Lipinski definition) is 5. The highest BCUT2D eigenvalue weighted by molar-refractivity contribution is 5.89. The van der Waals surface area contributed by atoms with Crippen molar-refractivity contribution in [2.24, 2.45) is 5.73 Å². The first-order valence-corrected chi connectivity index (χ1v) is 7.18. The first-order chi connectivity index (χ1) is 11.0. The number of aliphatic hydroxyl groups excluding tert-OH is 1. The van der Waals surface area contributed by atoms with Gasteiger partial charge >= 0.3 is 6.09 Å². The molecule has 1 aliphatic rings. The van der Waals surface area contributed by atoms with E-state index in [0.717, 1.165) is 10.5 Å². The van der Waals surface area contributed by atoms with Crippen LogP contribution in [0.4, 0.5) is 4.79 Å². The number of aliphatic hydroxyl groups is 1. The summed E-state index contributed by atoms with van der Waals surface area (Å²) in [5, 5.41) is 12.0. The van der Waals surface area contributed by atoms with Gasteiger partial charge in [0.05, 0.1) is 19.2 Å². The largest absolute Gasteiger partial charge is 0.445 e. The zero-order valence-corrected chi connectivity index (χ0v) is 12.5. The summed E-state index contributed by atoms with van der Waals surface area (Å²) in [6.07, 6.45) is -1.42. The highest BCUT2D eigenvalue weighted by Crippen LogP contribution is 2.19. The Morgan fingerprint density at radius 1 is 1.30 bits per heavy atom. The Hall–Kier alpha value is -2.61. The fourth-order valence-corrected chi connectivity index (χ4v) is 2.36. The van der Waals surface area contributed by atoms with E-state index in [9.17, 15) is 19.5 Å². The Balaban J connectivity index is 1.93.